The van der Waals surface area contributed by atoms with Crippen LogP contribution >= 0.6 is 0 Å². The number of hydrazine groups is 1. The fraction of sp³-hybridized carbons (Fsp3) is 0.500. The molecule has 1 amide bonds. The number of carbonyl (C=O) groups is 2. The van der Waals surface area contributed by atoms with E-state index in [0.717, 1.165) is 23.5 Å². The molecule has 0 aliphatic carbocycles. The van der Waals surface area contributed by atoms with Gasteiger partial charge in [0.1, 0.15) is 6.04 Å². The fourth-order valence-electron chi connectivity index (χ4n) is 6.73. The molecule has 0 aliphatic rings. The summed E-state index contributed by atoms with van der Waals surface area (Å²) in [7, 11) is 0. The number of pyridine rings is 2. The summed E-state index contributed by atoms with van der Waals surface area (Å²) >= 11 is 0. The minimum absolute atomic E-state index is 0.339. The Morgan fingerprint density at radius 1 is 0.586 bits per heavy atom. The Morgan fingerprint density at radius 3 is 1.60 bits per heavy atom. The normalized spacial score (nSPS) is 11.4. The van der Waals surface area contributed by atoms with Gasteiger partial charge in [0.2, 0.25) is 0 Å². The van der Waals surface area contributed by atoms with E-state index in [-0.39, 0.29) is 0 Å². The lowest BCUT2D eigenvalue weighted by Gasteiger charge is -2.15. The van der Waals surface area contributed by atoms with Crippen molar-refractivity contribution >= 4 is 11.9 Å². The van der Waals surface area contributed by atoms with Crippen LogP contribution in [0.15, 0.2) is 97.3 Å². The number of aryl methyl sites for hydroxylation is 1. The van der Waals surface area contributed by atoms with Crippen molar-refractivity contribution in [2.24, 2.45) is 5.84 Å². The molecule has 4 aromatic rings. The minimum Gasteiger partial charge on any atom is -0.480 e. The molecule has 1 atom stereocenters. The van der Waals surface area contributed by atoms with E-state index < -0.39 is 17.9 Å². The van der Waals surface area contributed by atoms with Crippen molar-refractivity contribution in [2.45, 2.75) is 148 Å². The molecule has 10 heteroatoms. The van der Waals surface area contributed by atoms with Gasteiger partial charge in [0.05, 0.1) is 11.4 Å². The molecule has 316 valence electrons. The second-order valence-electron chi connectivity index (χ2n) is 15.2. The number of aliphatic carboxylic acids is 1. The van der Waals surface area contributed by atoms with Gasteiger partial charge in [0.25, 0.3) is 5.91 Å². The largest absolute Gasteiger partial charge is 0.480 e. The average Bonchev–Trinajstić information content (AvgIpc) is 3.25. The maximum Gasteiger partial charge on any atom is 0.326 e. The van der Waals surface area contributed by atoms with Crippen molar-refractivity contribution in [3.05, 3.63) is 131 Å². The van der Waals surface area contributed by atoms with Gasteiger partial charge in [-0.05, 0) is 85.3 Å². The van der Waals surface area contributed by atoms with E-state index in [9.17, 15) is 14.7 Å². The van der Waals surface area contributed by atoms with Crippen molar-refractivity contribution in [1.82, 2.24) is 31.3 Å². The van der Waals surface area contributed by atoms with E-state index in [4.69, 9.17) is 5.84 Å². The molecule has 0 fully saturated rings. The molecule has 2 heterocycles. The van der Waals surface area contributed by atoms with Crippen LogP contribution in [0.3, 0.4) is 0 Å². The van der Waals surface area contributed by atoms with Crippen LogP contribution in [0.5, 0.6) is 0 Å². The number of hydrogen-bond donors (Lipinski definition) is 6. The molecule has 1 unspecified atom stereocenters. The molecule has 58 heavy (non-hydrogen) atoms. The third-order valence-electron chi connectivity index (χ3n) is 10.2. The molecule has 10 nitrogen and oxygen atoms in total. The smallest absolute Gasteiger partial charge is 0.326 e. The highest BCUT2D eigenvalue weighted by molar-refractivity contribution is 5.96. The number of nitrogens with zero attached hydrogens (tertiary/aromatic N) is 2. The number of rotatable bonds is 30. The van der Waals surface area contributed by atoms with Crippen molar-refractivity contribution in [3.8, 4) is 0 Å². The monoisotopic (exact) mass is 794 g/mol. The lowest BCUT2D eigenvalue weighted by atomic mass is 10.0. The lowest BCUT2D eigenvalue weighted by molar-refractivity contribution is -0.139. The van der Waals surface area contributed by atoms with Crippen LogP contribution in [-0.4, -0.2) is 39.5 Å². The summed E-state index contributed by atoms with van der Waals surface area (Å²) < 4.78 is 0. The molecule has 0 saturated carbocycles. The molecule has 0 bridgehead atoms. The SMILES string of the molecule is CCCCCCCCCCCCCCCCc1ccc(CNN)cc1.O=C(NC(CCCNCc1ccccn1)C(=O)O)c1ccc(CNCc2ccccn2)cc1. The second kappa shape index (κ2) is 31.5. The number of amides is 1. The molecule has 2 aromatic heterocycles. The number of nitrogens with one attached hydrogen (secondary N) is 4. The van der Waals surface area contributed by atoms with Gasteiger partial charge >= 0.3 is 5.97 Å². The van der Waals surface area contributed by atoms with Gasteiger partial charge in [-0.2, -0.15) is 0 Å². The molecular weight excluding hydrogens is 723 g/mol. The first-order valence-electron chi connectivity index (χ1n) is 21.8. The Morgan fingerprint density at radius 2 is 1.09 bits per heavy atom. The van der Waals surface area contributed by atoms with E-state index in [1.165, 1.54) is 107 Å². The van der Waals surface area contributed by atoms with Crippen molar-refractivity contribution in [3.63, 3.8) is 0 Å². The van der Waals surface area contributed by atoms with Gasteiger partial charge in [-0.3, -0.25) is 26.0 Å². The van der Waals surface area contributed by atoms with Crippen LogP contribution in [0.25, 0.3) is 0 Å². The van der Waals surface area contributed by atoms with Crippen LogP contribution < -0.4 is 27.2 Å². The predicted molar refractivity (Wildman–Crippen MR) is 237 cm³/mol. The summed E-state index contributed by atoms with van der Waals surface area (Å²) in [6.45, 7) is 5.59. The quantitative estimate of drug-likeness (QED) is 0.0172. The summed E-state index contributed by atoms with van der Waals surface area (Å²) in [5.74, 6) is 3.91. The Bertz CT molecular complexity index is 1610. The zero-order valence-corrected chi connectivity index (χ0v) is 35.1. The molecule has 0 saturated heterocycles. The first kappa shape index (κ1) is 47.9. The van der Waals surface area contributed by atoms with Crippen molar-refractivity contribution < 1.29 is 14.7 Å². The molecule has 7 N–H and O–H groups in total. The topological polar surface area (TPSA) is 154 Å². The van der Waals surface area contributed by atoms with Gasteiger partial charge in [-0.1, -0.05) is 139 Å². The minimum atomic E-state index is -1.04. The van der Waals surface area contributed by atoms with Gasteiger partial charge in [-0.15, -0.1) is 0 Å². The molecule has 4 rings (SSSR count). The van der Waals surface area contributed by atoms with E-state index in [1.807, 2.05) is 48.5 Å². The lowest BCUT2D eigenvalue weighted by Crippen LogP contribution is -2.41. The standard InChI is InChI=1S/C25H29N5O3.C23H42N2/c31-24(20-11-9-19(10-12-20)16-27-18-22-7-2-4-15-29-22)30-23(25(32)33)8-5-13-26-17-21-6-1-3-14-28-21;1-2-3-4-5-6-7-8-9-10-11-12-13-14-15-16-22-17-19-23(20-18-22)21-25-24/h1-4,6-7,9-12,14-15,23,26-27H,5,8,13,16-18H2,(H,30,31)(H,32,33);17-20,25H,2-16,21,24H2,1H3. The highest BCUT2D eigenvalue weighted by Gasteiger charge is 2.20. The molecule has 0 aliphatic heterocycles. The van der Waals surface area contributed by atoms with E-state index >= 15 is 0 Å². The molecule has 0 spiro atoms. The summed E-state index contributed by atoms with van der Waals surface area (Å²) in [5, 5.41) is 18.6. The second-order valence-corrected chi connectivity index (χ2v) is 15.2. The first-order chi connectivity index (χ1) is 28.5. The van der Waals surface area contributed by atoms with E-state index in [2.05, 4.69) is 62.5 Å². The number of hydrogen-bond acceptors (Lipinski definition) is 8. The third-order valence-corrected chi connectivity index (χ3v) is 10.2. The number of unbranched alkanes of at least 4 members (excludes halogenated alkanes) is 13. The van der Waals surface area contributed by atoms with Crippen LogP contribution in [0, 0.1) is 0 Å². The fourth-order valence-corrected chi connectivity index (χ4v) is 6.73. The van der Waals surface area contributed by atoms with E-state index in [1.54, 1.807) is 24.5 Å². The van der Waals surface area contributed by atoms with Crippen molar-refractivity contribution in [2.75, 3.05) is 6.54 Å². The highest BCUT2D eigenvalue weighted by atomic mass is 16.4. The van der Waals surface area contributed by atoms with Gasteiger partial charge < -0.3 is 21.1 Å². The third kappa shape index (κ3) is 22.5. The van der Waals surface area contributed by atoms with Crippen LogP contribution in [0.2, 0.25) is 0 Å². The summed E-state index contributed by atoms with van der Waals surface area (Å²) in [4.78, 5) is 32.6. The number of benzene rings is 2. The predicted octanol–water partition coefficient (Wildman–Crippen LogP) is 9.19. The number of carboxylic acids is 1. The number of carboxylic acid groups (broad SMARTS) is 1. The Balaban J connectivity index is 0.000000324. The number of carbonyl (C=O) groups excluding carboxylic acids is 1. The highest BCUT2D eigenvalue weighted by Crippen LogP contribution is 2.15. The zero-order chi connectivity index (χ0) is 41.3. The summed E-state index contributed by atoms with van der Waals surface area (Å²) in [5.41, 5.74) is 8.76. The Labute approximate surface area is 348 Å². The number of aromatic nitrogens is 2. The average molecular weight is 794 g/mol. The summed E-state index contributed by atoms with van der Waals surface area (Å²) in [6, 6.07) is 26.5. The number of nitrogens with two attached hydrogens (primary N) is 1. The molecule has 0 radical (unpaired) electrons. The Kier molecular flexibility index (Phi) is 26.0. The molecule has 2 aromatic carbocycles. The van der Waals surface area contributed by atoms with Crippen LogP contribution in [0.1, 0.15) is 148 Å². The summed E-state index contributed by atoms with van der Waals surface area (Å²) in [6.07, 6.45) is 25.6. The van der Waals surface area contributed by atoms with Crippen LogP contribution in [0.4, 0.5) is 0 Å². The molecular formula is C48H71N7O3. The van der Waals surface area contributed by atoms with Crippen molar-refractivity contribution in [1.29, 1.82) is 0 Å². The van der Waals surface area contributed by atoms with Crippen LogP contribution in [-0.2, 0) is 37.4 Å². The van der Waals surface area contributed by atoms with Gasteiger partial charge in [0.15, 0.2) is 0 Å². The maximum atomic E-state index is 12.5. The zero-order valence-electron chi connectivity index (χ0n) is 35.1. The maximum absolute atomic E-state index is 12.5. The first-order valence-corrected chi connectivity index (χ1v) is 21.8. The Hall–Kier alpha value is -4.48. The van der Waals surface area contributed by atoms with Gasteiger partial charge in [-0.25, -0.2) is 4.79 Å². The van der Waals surface area contributed by atoms with E-state index in [0.29, 0.717) is 44.6 Å². The van der Waals surface area contributed by atoms with Gasteiger partial charge in [0, 0.05) is 44.1 Å².